The number of benzene rings is 1. The first-order valence-electron chi connectivity index (χ1n) is 6.05. The lowest BCUT2D eigenvalue weighted by Gasteiger charge is -2.27. The summed E-state index contributed by atoms with van der Waals surface area (Å²) in [5, 5.41) is 2.94. The Kier molecular flexibility index (Phi) is 3.48. The Morgan fingerprint density at radius 2 is 2.24 bits per heavy atom. The molecule has 1 atom stereocenters. The molecule has 0 radical (unpaired) electrons. The van der Waals surface area contributed by atoms with Gasteiger partial charge in [-0.2, -0.15) is 0 Å². The van der Waals surface area contributed by atoms with Gasteiger partial charge in [0.25, 0.3) is 0 Å². The molecule has 0 saturated heterocycles. The zero-order valence-electron chi connectivity index (χ0n) is 10.6. The van der Waals surface area contributed by atoms with Crippen molar-refractivity contribution in [1.29, 1.82) is 0 Å². The summed E-state index contributed by atoms with van der Waals surface area (Å²) in [6.45, 7) is 7.10. The molecular weight excluding hydrogens is 214 g/mol. The number of fused-ring (bicyclic) bond motifs is 1. The molecule has 1 amide bonds. The van der Waals surface area contributed by atoms with E-state index in [9.17, 15) is 4.79 Å². The van der Waals surface area contributed by atoms with Crippen LogP contribution in [0.25, 0.3) is 0 Å². The molecule has 0 bridgehead atoms. The van der Waals surface area contributed by atoms with Gasteiger partial charge in [0.1, 0.15) is 0 Å². The first-order valence-corrected chi connectivity index (χ1v) is 6.05. The Morgan fingerprint density at radius 1 is 1.47 bits per heavy atom. The second-order valence-corrected chi connectivity index (χ2v) is 4.88. The van der Waals surface area contributed by atoms with Gasteiger partial charge in [0, 0.05) is 6.92 Å². The maximum Gasteiger partial charge on any atom is 0.217 e. The van der Waals surface area contributed by atoms with Crippen LogP contribution in [0.3, 0.4) is 0 Å². The van der Waals surface area contributed by atoms with Crippen LogP contribution in [0.2, 0.25) is 0 Å². The van der Waals surface area contributed by atoms with Gasteiger partial charge in [0.2, 0.25) is 5.91 Å². The molecule has 1 N–H and O–H groups in total. The van der Waals surface area contributed by atoms with Crippen molar-refractivity contribution in [1.82, 2.24) is 5.32 Å². The van der Waals surface area contributed by atoms with Crippen molar-refractivity contribution >= 4 is 5.91 Å². The molecule has 0 fully saturated rings. The molecule has 1 aliphatic heterocycles. The SMILES string of the molecule is CC(=O)N[C@@H]1COCc2ccc(C(C)C)cc21. The summed E-state index contributed by atoms with van der Waals surface area (Å²) in [6.07, 6.45) is 0. The number of carbonyl (C=O) groups excluding carboxylic acids is 1. The lowest BCUT2D eigenvalue weighted by atomic mass is 9.92. The van der Waals surface area contributed by atoms with Gasteiger partial charge >= 0.3 is 0 Å². The van der Waals surface area contributed by atoms with Crippen molar-refractivity contribution in [3.05, 3.63) is 34.9 Å². The van der Waals surface area contributed by atoms with E-state index in [4.69, 9.17) is 4.74 Å². The van der Waals surface area contributed by atoms with Crippen molar-refractivity contribution < 1.29 is 9.53 Å². The predicted molar refractivity (Wildman–Crippen MR) is 66.7 cm³/mol. The first kappa shape index (κ1) is 12.1. The third-order valence-electron chi connectivity index (χ3n) is 3.13. The molecule has 92 valence electrons. The van der Waals surface area contributed by atoms with Crippen LogP contribution in [0.1, 0.15) is 49.4 Å². The van der Waals surface area contributed by atoms with Gasteiger partial charge in [-0.05, 0) is 22.6 Å². The van der Waals surface area contributed by atoms with E-state index in [1.165, 1.54) is 16.7 Å². The third kappa shape index (κ3) is 2.67. The zero-order valence-corrected chi connectivity index (χ0v) is 10.6. The number of hydrogen-bond acceptors (Lipinski definition) is 2. The van der Waals surface area contributed by atoms with E-state index in [1.807, 2.05) is 0 Å². The minimum Gasteiger partial charge on any atom is -0.374 e. The summed E-state index contributed by atoms with van der Waals surface area (Å²) in [6, 6.07) is 6.44. The number of amides is 1. The van der Waals surface area contributed by atoms with Crippen LogP contribution < -0.4 is 5.32 Å². The second kappa shape index (κ2) is 4.88. The van der Waals surface area contributed by atoms with Crippen molar-refractivity contribution in [3.8, 4) is 0 Å². The minimum atomic E-state index is -0.0126. The van der Waals surface area contributed by atoms with Gasteiger partial charge in [-0.3, -0.25) is 4.79 Å². The maximum absolute atomic E-state index is 11.2. The van der Waals surface area contributed by atoms with Crippen molar-refractivity contribution in [3.63, 3.8) is 0 Å². The van der Waals surface area contributed by atoms with E-state index in [2.05, 4.69) is 37.4 Å². The van der Waals surface area contributed by atoms with Gasteiger partial charge in [0.05, 0.1) is 19.3 Å². The average molecular weight is 233 g/mol. The van der Waals surface area contributed by atoms with Gasteiger partial charge in [0.15, 0.2) is 0 Å². The lowest BCUT2D eigenvalue weighted by Crippen LogP contribution is -2.32. The van der Waals surface area contributed by atoms with E-state index in [0.29, 0.717) is 19.1 Å². The zero-order chi connectivity index (χ0) is 12.4. The van der Waals surface area contributed by atoms with Gasteiger partial charge < -0.3 is 10.1 Å². The van der Waals surface area contributed by atoms with E-state index in [1.54, 1.807) is 6.92 Å². The molecular formula is C14H19NO2. The molecule has 1 aromatic carbocycles. The summed E-state index contributed by atoms with van der Waals surface area (Å²) in [5.41, 5.74) is 3.69. The fourth-order valence-corrected chi connectivity index (χ4v) is 2.17. The van der Waals surface area contributed by atoms with E-state index in [0.717, 1.165) is 0 Å². The summed E-state index contributed by atoms with van der Waals surface area (Å²) in [7, 11) is 0. The van der Waals surface area contributed by atoms with Gasteiger partial charge in [-0.25, -0.2) is 0 Å². The normalized spacial score (nSPS) is 18.9. The summed E-state index contributed by atoms with van der Waals surface area (Å²) < 4.78 is 5.50. The van der Waals surface area contributed by atoms with Gasteiger partial charge in [-0.15, -0.1) is 0 Å². The van der Waals surface area contributed by atoms with Crippen LogP contribution in [0.15, 0.2) is 18.2 Å². The Labute approximate surface area is 102 Å². The molecule has 17 heavy (non-hydrogen) atoms. The van der Waals surface area contributed by atoms with Gasteiger partial charge in [-0.1, -0.05) is 32.0 Å². The molecule has 0 spiro atoms. The summed E-state index contributed by atoms with van der Waals surface area (Å²) in [4.78, 5) is 11.2. The van der Waals surface area contributed by atoms with Crippen LogP contribution >= 0.6 is 0 Å². The molecule has 3 nitrogen and oxygen atoms in total. The maximum atomic E-state index is 11.2. The number of carbonyl (C=O) groups is 1. The Hall–Kier alpha value is -1.35. The van der Waals surface area contributed by atoms with Crippen LogP contribution in [-0.4, -0.2) is 12.5 Å². The standard InChI is InChI=1S/C14H19NO2/c1-9(2)11-4-5-12-7-17-8-14(13(12)6-11)15-10(3)16/h4-6,9,14H,7-8H2,1-3H3,(H,15,16)/t14-/m1/s1. The molecule has 1 aromatic rings. The quantitative estimate of drug-likeness (QED) is 0.852. The highest BCUT2D eigenvalue weighted by Gasteiger charge is 2.21. The Morgan fingerprint density at radius 3 is 2.88 bits per heavy atom. The van der Waals surface area contributed by atoms with E-state index < -0.39 is 0 Å². The Bertz CT molecular complexity index is 426. The summed E-state index contributed by atoms with van der Waals surface area (Å²) >= 11 is 0. The number of hydrogen-bond donors (Lipinski definition) is 1. The lowest BCUT2D eigenvalue weighted by molar-refractivity contribution is -0.120. The van der Waals surface area contributed by atoms with E-state index in [-0.39, 0.29) is 11.9 Å². The van der Waals surface area contributed by atoms with Crippen molar-refractivity contribution in [2.24, 2.45) is 0 Å². The van der Waals surface area contributed by atoms with Crippen LogP contribution in [0.5, 0.6) is 0 Å². The molecule has 1 heterocycles. The van der Waals surface area contributed by atoms with Crippen LogP contribution in [0.4, 0.5) is 0 Å². The average Bonchev–Trinajstić information content (AvgIpc) is 2.28. The fraction of sp³-hybridized carbons (Fsp3) is 0.500. The molecule has 0 aliphatic carbocycles. The predicted octanol–water partition coefficient (Wildman–Crippen LogP) is 2.52. The number of nitrogens with one attached hydrogen (secondary N) is 1. The largest absolute Gasteiger partial charge is 0.374 e. The Balaban J connectivity index is 2.33. The van der Waals surface area contributed by atoms with Crippen molar-refractivity contribution in [2.45, 2.75) is 39.3 Å². The van der Waals surface area contributed by atoms with E-state index >= 15 is 0 Å². The van der Waals surface area contributed by atoms with Crippen LogP contribution in [0, 0.1) is 0 Å². The highest BCUT2D eigenvalue weighted by atomic mass is 16.5. The number of ether oxygens (including phenoxy) is 1. The fourth-order valence-electron chi connectivity index (χ4n) is 2.17. The molecule has 3 heteroatoms. The van der Waals surface area contributed by atoms with Crippen LogP contribution in [-0.2, 0) is 16.1 Å². The molecule has 1 aliphatic rings. The first-order chi connectivity index (χ1) is 8.08. The topological polar surface area (TPSA) is 38.3 Å². The molecule has 2 rings (SSSR count). The minimum absolute atomic E-state index is 0.00468. The molecule has 0 saturated carbocycles. The number of rotatable bonds is 2. The highest BCUT2D eigenvalue weighted by Crippen LogP contribution is 2.28. The second-order valence-electron chi connectivity index (χ2n) is 4.88. The van der Waals surface area contributed by atoms with Crippen molar-refractivity contribution in [2.75, 3.05) is 6.61 Å². The monoisotopic (exact) mass is 233 g/mol. The third-order valence-corrected chi connectivity index (χ3v) is 3.13. The summed E-state index contributed by atoms with van der Waals surface area (Å²) in [5.74, 6) is 0.488. The highest BCUT2D eigenvalue weighted by molar-refractivity contribution is 5.73. The molecule has 0 aromatic heterocycles. The molecule has 0 unspecified atom stereocenters. The smallest absolute Gasteiger partial charge is 0.217 e.